The molecule has 0 fully saturated rings. The molecule has 2 heterocycles. The van der Waals surface area contributed by atoms with E-state index in [1.807, 2.05) is 48.7 Å². The third-order valence-corrected chi connectivity index (χ3v) is 4.11. The number of hydrogen-bond donors (Lipinski definition) is 3. The summed E-state index contributed by atoms with van der Waals surface area (Å²) in [6.45, 7) is 1.77. The number of rotatable bonds is 2. The first-order valence-corrected chi connectivity index (χ1v) is 7.92. The Balaban J connectivity index is 0.000000141. The van der Waals surface area contributed by atoms with Crippen molar-refractivity contribution in [3.63, 3.8) is 0 Å². The number of benzene rings is 2. The van der Waals surface area contributed by atoms with Gasteiger partial charge in [-0.2, -0.15) is 0 Å². The molecule has 0 aromatic heterocycles. The standard InChI is InChI=1S/C10H11NO.C10H9NO/c2*12-7-9-6-11-5-8-3-1-2-4-10(8)9/h1-4,6,11-12H,5,7H2;1-4,6-7,11H,5H2. The number of nitrogens with one attached hydrogen (secondary N) is 2. The summed E-state index contributed by atoms with van der Waals surface area (Å²) in [4.78, 5) is 10.6. The fourth-order valence-electron chi connectivity index (χ4n) is 2.88. The van der Waals surface area contributed by atoms with Crippen molar-refractivity contribution >= 4 is 17.4 Å². The van der Waals surface area contributed by atoms with Crippen LogP contribution in [0.1, 0.15) is 22.3 Å². The van der Waals surface area contributed by atoms with Gasteiger partial charge in [0, 0.05) is 36.6 Å². The minimum atomic E-state index is 0.101. The molecule has 122 valence electrons. The molecule has 0 saturated heterocycles. The maximum absolute atomic E-state index is 10.6. The van der Waals surface area contributed by atoms with Gasteiger partial charge in [-0.1, -0.05) is 48.5 Å². The zero-order valence-electron chi connectivity index (χ0n) is 13.3. The van der Waals surface area contributed by atoms with Gasteiger partial charge in [0.25, 0.3) is 0 Å². The van der Waals surface area contributed by atoms with E-state index < -0.39 is 0 Å². The highest BCUT2D eigenvalue weighted by molar-refractivity contribution is 6.07. The molecular formula is C20H20N2O2. The fraction of sp³-hybridized carbons (Fsp3) is 0.150. The fourth-order valence-corrected chi connectivity index (χ4v) is 2.88. The monoisotopic (exact) mass is 320 g/mol. The lowest BCUT2D eigenvalue weighted by atomic mass is 9.98. The number of hydrogen-bond acceptors (Lipinski definition) is 4. The first kappa shape index (κ1) is 16.0. The quantitative estimate of drug-likeness (QED) is 0.744. The predicted molar refractivity (Wildman–Crippen MR) is 95.7 cm³/mol. The summed E-state index contributed by atoms with van der Waals surface area (Å²) in [7, 11) is 0. The normalized spacial score (nSPS) is 14.4. The second-order valence-electron chi connectivity index (χ2n) is 5.62. The maximum atomic E-state index is 10.6. The number of aldehydes is 1. The van der Waals surface area contributed by atoms with Crippen LogP contribution in [0, 0.1) is 0 Å². The van der Waals surface area contributed by atoms with Crippen LogP contribution in [0.15, 0.2) is 60.9 Å². The van der Waals surface area contributed by atoms with Gasteiger partial charge in [-0.05, 0) is 22.3 Å². The number of carbonyl (C=O) groups is 1. The summed E-state index contributed by atoms with van der Waals surface area (Å²) in [5.41, 5.74) is 6.35. The van der Waals surface area contributed by atoms with Crippen LogP contribution in [0.3, 0.4) is 0 Å². The van der Waals surface area contributed by atoms with Gasteiger partial charge in [0.05, 0.1) is 6.61 Å². The highest BCUT2D eigenvalue weighted by Crippen LogP contribution is 2.21. The molecule has 2 aromatic rings. The van der Waals surface area contributed by atoms with Crippen LogP contribution >= 0.6 is 0 Å². The summed E-state index contributed by atoms with van der Waals surface area (Å²) < 4.78 is 0. The molecule has 3 N–H and O–H groups in total. The van der Waals surface area contributed by atoms with Gasteiger partial charge in [-0.3, -0.25) is 4.79 Å². The first-order chi connectivity index (χ1) is 11.8. The lowest BCUT2D eigenvalue weighted by Gasteiger charge is -2.16. The van der Waals surface area contributed by atoms with Crippen molar-refractivity contribution < 1.29 is 9.90 Å². The van der Waals surface area contributed by atoms with Crippen molar-refractivity contribution in [3.05, 3.63) is 83.2 Å². The summed E-state index contributed by atoms with van der Waals surface area (Å²) in [6.07, 6.45) is 4.52. The number of aliphatic hydroxyl groups is 1. The molecule has 0 unspecified atom stereocenters. The van der Waals surface area contributed by atoms with Crippen molar-refractivity contribution in [1.29, 1.82) is 0 Å². The van der Waals surface area contributed by atoms with Crippen molar-refractivity contribution in [3.8, 4) is 0 Å². The summed E-state index contributed by atoms with van der Waals surface area (Å²) in [6, 6.07) is 16.0. The SMILES string of the molecule is O=CC1=CNCc2ccccc21.OCC1=CNCc2ccccc21. The molecule has 4 nitrogen and oxygen atoms in total. The largest absolute Gasteiger partial charge is 0.392 e. The van der Waals surface area contributed by atoms with Crippen LogP contribution in [-0.2, 0) is 17.9 Å². The summed E-state index contributed by atoms with van der Waals surface area (Å²) in [5.74, 6) is 0. The van der Waals surface area contributed by atoms with Gasteiger partial charge < -0.3 is 15.7 Å². The zero-order chi connectivity index (χ0) is 16.8. The third-order valence-electron chi connectivity index (χ3n) is 4.11. The Morgan fingerprint density at radius 1 is 0.875 bits per heavy atom. The Labute approximate surface area is 141 Å². The number of allylic oxidation sites excluding steroid dienone is 1. The van der Waals surface area contributed by atoms with E-state index in [0.717, 1.165) is 36.1 Å². The first-order valence-electron chi connectivity index (χ1n) is 7.92. The lowest BCUT2D eigenvalue weighted by molar-refractivity contribution is -0.103. The maximum Gasteiger partial charge on any atom is 0.152 e. The molecule has 2 aliphatic heterocycles. The van der Waals surface area contributed by atoms with E-state index in [1.54, 1.807) is 6.20 Å². The van der Waals surface area contributed by atoms with Gasteiger partial charge in [0.1, 0.15) is 0 Å². The van der Waals surface area contributed by atoms with E-state index >= 15 is 0 Å². The minimum absolute atomic E-state index is 0.101. The lowest BCUT2D eigenvalue weighted by Crippen LogP contribution is -2.14. The summed E-state index contributed by atoms with van der Waals surface area (Å²) in [5, 5.41) is 15.2. The molecule has 2 aliphatic rings. The van der Waals surface area contributed by atoms with E-state index in [9.17, 15) is 4.79 Å². The zero-order valence-corrected chi connectivity index (χ0v) is 13.3. The second kappa shape index (κ2) is 7.62. The average molecular weight is 320 g/mol. The third kappa shape index (κ3) is 3.39. The van der Waals surface area contributed by atoms with Crippen LogP contribution in [0.4, 0.5) is 0 Å². The Bertz CT molecular complexity index is 794. The predicted octanol–water partition coefficient (Wildman–Crippen LogP) is 2.45. The van der Waals surface area contributed by atoms with E-state index in [0.29, 0.717) is 0 Å². The molecule has 0 saturated carbocycles. The topological polar surface area (TPSA) is 61.4 Å². The molecule has 0 aliphatic carbocycles. The molecule has 24 heavy (non-hydrogen) atoms. The second-order valence-corrected chi connectivity index (χ2v) is 5.62. The van der Waals surface area contributed by atoms with Crippen molar-refractivity contribution in [2.45, 2.75) is 13.1 Å². The van der Waals surface area contributed by atoms with Crippen LogP contribution in [0.25, 0.3) is 11.1 Å². The Morgan fingerprint density at radius 3 is 2.12 bits per heavy atom. The Kier molecular flexibility index (Phi) is 5.08. The highest BCUT2D eigenvalue weighted by atomic mass is 16.3. The molecular weight excluding hydrogens is 300 g/mol. The summed E-state index contributed by atoms with van der Waals surface area (Å²) >= 11 is 0. The van der Waals surface area contributed by atoms with E-state index in [4.69, 9.17) is 5.11 Å². The molecule has 0 radical (unpaired) electrons. The minimum Gasteiger partial charge on any atom is -0.392 e. The van der Waals surface area contributed by atoms with Crippen molar-refractivity contribution in [2.75, 3.05) is 6.61 Å². The van der Waals surface area contributed by atoms with Gasteiger partial charge >= 0.3 is 0 Å². The van der Waals surface area contributed by atoms with E-state index in [1.165, 1.54) is 16.7 Å². The Hall–Kier alpha value is -2.85. The van der Waals surface area contributed by atoms with Crippen molar-refractivity contribution in [2.24, 2.45) is 0 Å². The smallest absolute Gasteiger partial charge is 0.152 e. The molecule has 4 heteroatoms. The van der Waals surface area contributed by atoms with E-state index in [-0.39, 0.29) is 6.61 Å². The molecule has 0 amide bonds. The molecule has 0 bridgehead atoms. The highest BCUT2D eigenvalue weighted by Gasteiger charge is 2.10. The van der Waals surface area contributed by atoms with Crippen LogP contribution < -0.4 is 10.6 Å². The van der Waals surface area contributed by atoms with Crippen LogP contribution in [-0.4, -0.2) is 18.0 Å². The van der Waals surface area contributed by atoms with Crippen LogP contribution in [0.5, 0.6) is 0 Å². The van der Waals surface area contributed by atoms with Gasteiger partial charge in [0.2, 0.25) is 0 Å². The Morgan fingerprint density at radius 2 is 1.46 bits per heavy atom. The van der Waals surface area contributed by atoms with Crippen molar-refractivity contribution in [1.82, 2.24) is 10.6 Å². The van der Waals surface area contributed by atoms with E-state index in [2.05, 4.69) is 16.7 Å². The molecule has 2 aromatic carbocycles. The molecule has 0 atom stereocenters. The number of carbonyl (C=O) groups excluding carboxylic acids is 1. The van der Waals surface area contributed by atoms with Crippen LogP contribution in [0.2, 0.25) is 0 Å². The van der Waals surface area contributed by atoms with Gasteiger partial charge in [0.15, 0.2) is 6.29 Å². The average Bonchev–Trinajstić information content (AvgIpc) is 2.67. The molecule has 4 rings (SSSR count). The van der Waals surface area contributed by atoms with Gasteiger partial charge in [-0.15, -0.1) is 0 Å². The number of aliphatic hydroxyl groups excluding tert-OH is 1. The number of fused-ring (bicyclic) bond motifs is 2. The molecule has 0 spiro atoms. The van der Waals surface area contributed by atoms with Gasteiger partial charge in [-0.25, -0.2) is 0 Å².